The number of Topliss-reactive ketones (excluding diaryl/α,β-unsaturated/α-hetero) is 1. The number of hydrogen-bond acceptors (Lipinski definition) is 6. The summed E-state index contributed by atoms with van der Waals surface area (Å²) in [6, 6.07) is 4.09. The molecule has 4 nitrogen and oxygen atoms in total. The number of aliphatic hydroxyl groups is 1. The van der Waals surface area contributed by atoms with Crippen molar-refractivity contribution in [1.29, 1.82) is 0 Å². The van der Waals surface area contributed by atoms with E-state index < -0.39 is 5.79 Å². The number of ketones is 1. The summed E-state index contributed by atoms with van der Waals surface area (Å²) in [5, 5.41) is 14.0. The van der Waals surface area contributed by atoms with Gasteiger partial charge >= 0.3 is 0 Å². The molecule has 6 heteroatoms. The third kappa shape index (κ3) is 2.68. The molecule has 0 amide bonds. The van der Waals surface area contributed by atoms with Crippen LogP contribution in [0.2, 0.25) is 0 Å². The van der Waals surface area contributed by atoms with Crippen molar-refractivity contribution in [2.24, 2.45) is 0 Å². The van der Waals surface area contributed by atoms with Gasteiger partial charge in [0.15, 0.2) is 11.6 Å². The van der Waals surface area contributed by atoms with E-state index in [4.69, 9.17) is 9.47 Å². The van der Waals surface area contributed by atoms with Crippen LogP contribution in [-0.2, 0) is 9.47 Å². The van der Waals surface area contributed by atoms with Crippen LogP contribution in [0.25, 0.3) is 20.2 Å². The molecule has 3 aromatic rings. The molecule has 0 aliphatic carbocycles. The molecule has 0 unspecified atom stereocenters. The molecule has 0 saturated carbocycles. The fourth-order valence-corrected chi connectivity index (χ4v) is 5.19. The predicted octanol–water partition coefficient (Wildman–Crippen LogP) is 4.29. The molecule has 0 radical (unpaired) electrons. The summed E-state index contributed by atoms with van der Waals surface area (Å²) in [5.41, 5.74) is 2.46. The van der Waals surface area contributed by atoms with Gasteiger partial charge in [0.2, 0.25) is 0 Å². The number of aliphatic hydroxyl groups excluding tert-OH is 1. The zero-order chi connectivity index (χ0) is 17.5. The van der Waals surface area contributed by atoms with Gasteiger partial charge in [0.05, 0.1) is 27.3 Å². The Morgan fingerprint density at radius 3 is 2.46 bits per heavy atom. The number of methoxy groups -OCH3 is 2. The van der Waals surface area contributed by atoms with E-state index in [2.05, 4.69) is 25.3 Å². The van der Waals surface area contributed by atoms with Gasteiger partial charge in [-0.2, -0.15) is 0 Å². The molecular formula is C18H20O4S2. The van der Waals surface area contributed by atoms with Gasteiger partial charge in [-0.3, -0.25) is 4.79 Å². The Bertz CT molecular complexity index is 894. The van der Waals surface area contributed by atoms with Crippen molar-refractivity contribution in [3.8, 4) is 0 Å². The largest absolute Gasteiger partial charge is 0.391 e. The number of carbonyl (C=O) groups excluding carboxylic acids is 1. The highest BCUT2D eigenvalue weighted by Crippen LogP contribution is 2.40. The van der Waals surface area contributed by atoms with Crippen LogP contribution in [0, 0.1) is 13.8 Å². The molecule has 0 bridgehead atoms. The van der Waals surface area contributed by atoms with Crippen LogP contribution in [0.15, 0.2) is 17.5 Å². The number of benzene rings is 1. The van der Waals surface area contributed by atoms with E-state index >= 15 is 0 Å². The summed E-state index contributed by atoms with van der Waals surface area (Å²) >= 11 is 3.20. The zero-order valence-corrected chi connectivity index (χ0v) is 15.8. The predicted molar refractivity (Wildman–Crippen MR) is 99.5 cm³/mol. The third-order valence-electron chi connectivity index (χ3n) is 4.66. The van der Waals surface area contributed by atoms with Crippen LogP contribution in [0.4, 0.5) is 0 Å². The van der Waals surface area contributed by atoms with Gasteiger partial charge < -0.3 is 14.6 Å². The highest BCUT2D eigenvalue weighted by atomic mass is 32.1. The highest BCUT2D eigenvalue weighted by Gasteiger charge is 2.33. The molecule has 1 N–H and O–H groups in total. The first kappa shape index (κ1) is 17.5. The van der Waals surface area contributed by atoms with Crippen molar-refractivity contribution < 1.29 is 19.4 Å². The van der Waals surface area contributed by atoms with Gasteiger partial charge in [-0.05, 0) is 53.3 Å². The lowest BCUT2D eigenvalue weighted by atomic mass is 10.0. The standard InChI is InChI=1S/C18H20O4S2/c1-10-11(2)13-7-15(14(20)8-18(9-19,21-3)22-4)24-17(13)16-12(10)5-6-23-16/h5-7,19H,8-9H2,1-4H3. The molecule has 2 aromatic heterocycles. The van der Waals surface area contributed by atoms with Crippen LogP contribution >= 0.6 is 22.7 Å². The van der Waals surface area contributed by atoms with E-state index in [0.717, 1.165) is 10.1 Å². The number of thiophene rings is 2. The average molecular weight is 364 g/mol. The summed E-state index contributed by atoms with van der Waals surface area (Å²) in [5.74, 6) is -1.37. The maximum atomic E-state index is 12.7. The summed E-state index contributed by atoms with van der Waals surface area (Å²) in [4.78, 5) is 13.4. The Balaban J connectivity index is 2.08. The Labute approximate surface area is 148 Å². The highest BCUT2D eigenvalue weighted by molar-refractivity contribution is 7.27. The summed E-state index contributed by atoms with van der Waals surface area (Å²) in [7, 11) is 2.86. The van der Waals surface area contributed by atoms with Crippen molar-refractivity contribution in [1.82, 2.24) is 0 Å². The second-order valence-electron chi connectivity index (χ2n) is 5.84. The molecule has 0 aliphatic heterocycles. The second-order valence-corrected chi connectivity index (χ2v) is 7.81. The third-order valence-corrected chi connectivity index (χ3v) is 6.92. The van der Waals surface area contributed by atoms with Gasteiger partial charge in [-0.25, -0.2) is 0 Å². The lowest BCUT2D eigenvalue weighted by molar-refractivity contribution is -0.223. The average Bonchev–Trinajstić information content (AvgIpc) is 3.24. The van der Waals surface area contributed by atoms with E-state index in [0.29, 0.717) is 4.88 Å². The SMILES string of the molecule is COC(CO)(CC(=O)c1cc2c(C)c(C)c3ccsc3c2s1)OC. The van der Waals surface area contributed by atoms with Gasteiger partial charge in [0.1, 0.15) is 0 Å². The molecule has 0 spiro atoms. The minimum atomic E-state index is -1.28. The Morgan fingerprint density at radius 1 is 1.17 bits per heavy atom. The summed E-state index contributed by atoms with van der Waals surface area (Å²) in [6.45, 7) is 3.84. The summed E-state index contributed by atoms with van der Waals surface area (Å²) in [6.07, 6.45) is -0.0189. The maximum Gasteiger partial charge on any atom is 0.198 e. The number of ether oxygens (including phenoxy) is 2. The van der Waals surface area contributed by atoms with Crippen molar-refractivity contribution in [3.05, 3.63) is 33.5 Å². The van der Waals surface area contributed by atoms with E-state index in [1.165, 1.54) is 46.8 Å². The topological polar surface area (TPSA) is 55.8 Å². The second kappa shape index (κ2) is 6.54. The van der Waals surface area contributed by atoms with Gasteiger partial charge in [0.25, 0.3) is 0 Å². The summed E-state index contributed by atoms with van der Waals surface area (Å²) < 4.78 is 12.8. The van der Waals surface area contributed by atoms with E-state index in [-0.39, 0.29) is 18.8 Å². The molecular weight excluding hydrogens is 344 g/mol. The number of hydrogen-bond donors (Lipinski definition) is 1. The minimum absolute atomic E-state index is 0.0189. The quantitative estimate of drug-likeness (QED) is 0.524. The fraction of sp³-hybridized carbons (Fsp3) is 0.389. The molecule has 2 heterocycles. The fourth-order valence-electron chi connectivity index (χ4n) is 2.90. The maximum absolute atomic E-state index is 12.7. The number of rotatable bonds is 6. The molecule has 1 aromatic carbocycles. The van der Waals surface area contributed by atoms with Crippen LogP contribution in [0.5, 0.6) is 0 Å². The Morgan fingerprint density at radius 2 is 1.83 bits per heavy atom. The van der Waals surface area contributed by atoms with Gasteiger partial charge in [-0.1, -0.05) is 0 Å². The van der Waals surface area contributed by atoms with Crippen LogP contribution in [0.3, 0.4) is 0 Å². The Kier molecular flexibility index (Phi) is 4.77. The van der Waals surface area contributed by atoms with E-state index in [1.807, 2.05) is 6.07 Å². The van der Waals surface area contributed by atoms with E-state index in [1.54, 1.807) is 11.3 Å². The number of carbonyl (C=O) groups is 1. The molecule has 128 valence electrons. The van der Waals surface area contributed by atoms with Crippen molar-refractivity contribution in [2.75, 3.05) is 20.8 Å². The van der Waals surface area contributed by atoms with Crippen molar-refractivity contribution >= 4 is 48.6 Å². The number of fused-ring (bicyclic) bond motifs is 3. The molecule has 0 fully saturated rings. The lowest BCUT2D eigenvalue weighted by Crippen LogP contribution is -2.40. The molecule has 0 aliphatic rings. The first-order chi connectivity index (χ1) is 11.5. The van der Waals surface area contributed by atoms with Crippen LogP contribution in [-0.4, -0.2) is 37.5 Å². The van der Waals surface area contributed by atoms with Crippen LogP contribution in [0.1, 0.15) is 27.2 Å². The van der Waals surface area contributed by atoms with Gasteiger partial charge in [-0.15, -0.1) is 22.7 Å². The first-order valence-corrected chi connectivity index (χ1v) is 9.30. The lowest BCUT2D eigenvalue weighted by Gasteiger charge is -2.27. The smallest absolute Gasteiger partial charge is 0.198 e. The van der Waals surface area contributed by atoms with E-state index in [9.17, 15) is 9.90 Å². The normalized spacial score (nSPS) is 12.4. The van der Waals surface area contributed by atoms with Crippen LogP contribution < -0.4 is 0 Å². The first-order valence-electron chi connectivity index (χ1n) is 7.60. The molecule has 3 rings (SSSR count). The molecule has 0 saturated heterocycles. The number of aryl methyl sites for hydroxylation is 2. The van der Waals surface area contributed by atoms with Gasteiger partial charge in [0, 0.05) is 14.2 Å². The monoisotopic (exact) mass is 364 g/mol. The zero-order valence-electron chi connectivity index (χ0n) is 14.1. The van der Waals surface area contributed by atoms with Crippen molar-refractivity contribution in [3.63, 3.8) is 0 Å². The Hall–Kier alpha value is -1.31. The minimum Gasteiger partial charge on any atom is -0.391 e. The molecule has 0 atom stereocenters. The molecule has 24 heavy (non-hydrogen) atoms. The van der Waals surface area contributed by atoms with Crippen molar-refractivity contribution in [2.45, 2.75) is 26.1 Å².